The Morgan fingerprint density at radius 3 is 2.41 bits per heavy atom. The average molecular weight is 256 g/mol. The molecule has 1 atom stereocenters. The van der Waals surface area contributed by atoms with Crippen LogP contribution in [0.2, 0.25) is 0 Å². The Kier molecular flexibility index (Phi) is 4.65. The minimum absolute atomic E-state index is 0.0438. The number of hydrogen-bond donors (Lipinski definition) is 1. The highest BCUT2D eigenvalue weighted by Crippen LogP contribution is 2.09. The van der Waals surface area contributed by atoms with E-state index in [0.29, 0.717) is 6.42 Å². The normalized spacial score (nSPS) is 13.2. The maximum atomic E-state index is 11.8. The van der Waals surface area contributed by atoms with Gasteiger partial charge in [-0.3, -0.25) is 0 Å². The zero-order chi connectivity index (χ0) is 12.9. The first-order chi connectivity index (χ1) is 7.97. The zero-order valence-electron chi connectivity index (χ0n) is 9.42. The maximum Gasteiger partial charge on any atom is 0.241 e. The summed E-state index contributed by atoms with van der Waals surface area (Å²) in [5.41, 5.74) is 0. The largest absolute Gasteiger partial charge is 0.548 e. The summed E-state index contributed by atoms with van der Waals surface area (Å²) in [4.78, 5) is 10.8. The quantitative estimate of drug-likeness (QED) is 0.769. The van der Waals surface area contributed by atoms with E-state index in [1.54, 1.807) is 25.1 Å². The molecule has 1 N–H and O–H groups in total. The lowest BCUT2D eigenvalue weighted by Gasteiger charge is -2.18. The van der Waals surface area contributed by atoms with Gasteiger partial charge in [0, 0.05) is 0 Å². The summed E-state index contributed by atoms with van der Waals surface area (Å²) in [6, 6.07) is 6.44. The average Bonchev–Trinajstić information content (AvgIpc) is 2.29. The van der Waals surface area contributed by atoms with Gasteiger partial charge in [-0.05, 0) is 18.6 Å². The molecule has 1 rings (SSSR count). The van der Waals surface area contributed by atoms with Crippen LogP contribution in [0, 0.1) is 0 Å². The number of carboxylic acid groups (broad SMARTS) is 1. The monoisotopic (exact) mass is 256 g/mol. The van der Waals surface area contributed by atoms with Crippen molar-refractivity contribution >= 4 is 16.0 Å². The summed E-state index contributed by atoms with van der Waals surface area (Å²) in [6.07, 6.45) is 0.754. The van der Waals surface area contributed by atoms with E-state index in [1.807, 2.05) is 0 Å². The van der Waals surface area contributed by atoms with Gasteiger partial charge in [-0.15, -0.1) is 0 Å². The fraction of sp³-hybridized carbons (Fsp3) is 0.364. The van der Waals surface area contributed by atoms with E-state index < -0.39 is 22.0 Å². The van der Waals surface area contributed by atoms with Crippen LogP contribution in [-0.4, -0.2) is 20.4 Å². The van der Waals surface area contributed by atoms with Crippen LogP contribution in [0.4, 0.5) is 0 Å². The van der Waals surface area contributed by atoms with Crippen molar-refractivity contribution in [2.45, 2.75) is 30.7 Å². The van der Waals surface area contributed by atoms with Gasteiger partial charge in [0.15, 0.2) is 0 Å². The Balaban J connectivity index is 2.89. The third kappa shape index (κ3) is 3.83. The molecule has 17 heavy (non-hydrogen) atoms. The third-order valence-electron chi connectivity index (χ3n) is 2.21. The van der Waals surface area contributed by atoms with Crippen LogP contribution in [0.15, 0.2) is 35.2 Å². The molecular weight excluding hydrogens is 242 g/mol. The first-order valence-corrected chi connectivity index (χ1v) is 6.74. The van der Waals surface area contributed by atoms with Crippen molar-refractivity contribution in [1.82, 2.24) is 4.72 Å². The lowest BCUT2D eigenvalue weighted by atomic mass is 10.2. The Labute approximate surface area is 101 Å². The SMILES string of the molecule is CCC[C@H](NS(=O)(=O)c1ccccc1)C(=O)[O-]. The topological polar surface area (TPSA) is 86.3 Å². The molecule has 0 aliphatic heterocycles. The molecule has 6 heteroatoms. The molecule has 1 aromatic rings. The number of carboxylic acids is 1. The van der Waals surface area contributed by atoms with Crippen molar-refractivity contribution in [3.63, 3.8) is 0 Å². The molecular formula is C11H14NO4S-. The van der Waals surface area contributed by atoms with Gasteiger partial charge < -0.3 is 9.90 Å². The fourth-order valence-corrected chi connectivity index (χ4v) is 2.61. The number of hydrogen-bond acceptors (Lipinski definition) is 4. The summed E-state index contributed by atoms with van der Waals surface area (Å²) in [5, 5.41) is 10.8. The first-order valence-electron chi connectivity index (χ1n) is 5.25. The summed E-state index contributed by atoms with van der Waals surface area (Å²) in [5.74, 6) is -1.41. The van der Waals surface area contributed by atoms with Crippen molar-refractivity contribution < 1.29 is 18.3 Å². The van der Waals surface area contributed by atoms with Crippen LogP contribution in [0.5, 0.6) is 0 Å². The van der Waals surface area contributed by atoms with Gasteiger partial charge in [0.1, 0.15) is 0 Å². The standard InChI is InChI=1S/C11H15NO4S/c1-2-6-10(11(13)14)12-17(15,16)9-7-4-3-5-8-9/h3-5,7-8,10,12H,2,6H2,1H3,(H,13,14)/p-1/t10-/m0/s1. The first kappa shape index (κ1) is 13.7. The molecule has 0 aromatic heterocycles. The Morgan fingerprint density at radius 2 is 1.94 bits per heavy atom. The molecule has 0 fully saturated rings. The third-order valence-corrected chi connectivity index (χ3v) is 3.70. The van der Waals surface area contributed by atoms with Gasteiger partial charge in [-0.25, -0.2) is 13.1 Å². The van der Waals surface area contributed by atoms with Gasteiger partial charge in [0.2, 0.25) is 10.0 Å². The predicted octanol–water partition coefficient (Wildman–Crippen LogP) is -0.117. The summed E-state index contributed by atoms with van der Waals surface area (Å²) < 4.78 is 25.8. The minimum atomic E-state index is -3.80. The molecule has 0 saturated carbocycles. The number of carbonyl (C=O) groups excluding carboxylic acids is 1. The molecule has 0 heterocycles. The van der Waals surface area contributed by atoms with E-state index in [9.17, 15) is 18.3 Å². The second kappa shape index (κ2) is 5.79. The van der Waals surface area contributed by atoms with E-state index in [1.165, 1.54) is 12.1 Å². The highest BCUT2D eigenvalue weighted by molar-refractivity contribution is 7.89. The molecule has 0 spiro atoms. The van der Waals surface area contributed by atoms with E-state index in [4.69, 9.17) is 0 Å². The molecule has 0 radical (unpaired) electrons. The highest BCUT2D eigenvalue weighted by Gasteiger charge is 2.19. The maximum absolute atomic E-state index is 11.8. The van der Waals surface area contributed by atoms with E-state index in [0.717, 1.165) is 0 Å². The van der Waals surface area contributed by atoms with Crippen LogP contribution < -0.4 is 9.83 Å². The Morgan fingerprint density at radius 1 is 1.35 bits per heavy atom. The van der Waals surface area contributed by atoms with Crippen LogP contribution >= 0.6 is 0 Å². The van der Waals surface area contributed by atoms with Crippen molar-refractivity contribution in [2.24, 2.45) is 0 Å². The lowest BCUT2D eigenvalue weighted by Crippen LogP contribution is -2.47. The molecule has 1 aromatic carbocycles. The molecule has 5 nitrogen and oxygen atoms in total. The highest BCUT2D eigenvalue weighted by atomic mass is 32.2. The smallest absolute Gasteiger partial charge is 0.241 e. The second-order valence-electron chi connectivity index (χ2n) is 3.59. The van der Waals surface area contributed by atoms with Gasteiger partial charge >= 0.3 is 0 Å². The van der Waals surface area contributed by atoms with Crippen LogP contribution in [0.3, 0.4) is 0 Å². The number of rotatable bonds is 6. The van der Waals surface area contributed by atoms with E-state index in [-0.39, 0.29) is 11.3 Å². The van der Waals surface area contributed by atoms with Crippen LogP contribution in [0.25, 0.3) is 0 Å². The van der Waals surface area contributed by atoms with Gasteiger partial charge in [0.25, 0.3) is 0 Å². The van der Waals surface area contributed by atoms with Gasteiger partial charge in [-0.2, -0.15) is 0 Å². The predicted molar refractivity (Wildman–Crippen MR) is 60.5 cm³/mol. The summed E-state index contributed by atoms with van der Waals surface area (Å²) in [7, 11) is -3.80. The van der Waals surface area contributed by atoms with Crippen molar-refractivity contribution in [3.05, 3.63) is 30.3 Å². The second-order valence-corrected chi connectivity index (χ2v) is 5.31. The molecule has 0 aliphatic rings. The van der Waals surface area contributed by atoms with Crippen molar-refractivity contribution in [3.8, 4) is 0 Å². The lowest BCUT2D eigenvalue weighted by molar-refractivity contribution is -0.308. The number of carbonyl (C=O) groups is 1. The molecule has 0 amide bonds. The van der Waals surface area contributed by atoms with E-state index in [2.05, 4.69) is 4.72 Å². The van der Waals surface area contributed by atoms with Gasteiger partial charge in [0.05, 0.1) is 16.9 Å². The summed E-state index contributed by atoms with van der Waals surface area (Å²) in [6.45, 7) is 1.77. The number of benzene rings is 1. The van der Waals surface area contributed by atoms with Crippen LogP contribution in [0.1, 0.15) is 19.8 Å². The zero-order valence-corrected chi connectivity index (χ0v) is 10.2. The molecule has 94 valence electrons. The molecule has 0 saturated heterocycles. The minimum Gasteiger partial charge on any atom is -0.548 e. The number of aliphatic carboxylic acids is 1. The number of nitrogens with one attached hydrogen (secondary N) is 1. The molecule has 0 unspecified atom stereocenters. The number of sulfonamides is 1. The van der Waals surface area contributed by atoms with Gasteiger partial charge in [-0.1, -0.05) is 31.5 Å². The Bertz CT molecular complexity index is 470. The fourth-order valence-electron chi connectivity index (χ4n) is 1.37. The van der Waals surface area contributed by atoms with Crippen molar-refractivity contribution in [1.29, 1.82) is 0 Å². The molecule has 0 aliphatic carbocycles. The van der Waals surface area contributed by atoms with E-state index >= 15 is 0 Å². The Hall–Kier alpha value is -1.40. The summed E-state index contributed by atoms with van der Waals surface area (Å²) >= 11 is 0. The van der Waals surface area contributed by atoms with Crippen LogP contribution in [-0.2, 0) is 14.8 Å². The molecule has 0 bridgehead atoms. The van der Waals surface area contributed by atoms with Crippen molar-refractivity contribution in [2.75, 3.05) is 0 Å².